The lowest BCUT2D eigenvalue weighted by Gasteiger charge is -2.36. The molecule has 0 bridgehead atoms. The highest BCUT2D eigenvalue weighted by Gasteiger charge is 2.28. The van der Waals surface area contributed by atoms with Crippen LogP contribution >= 0.6 is 0 Å². The Bertz CT molecular complexity index is 1080. The molecular formula is C23H26N2O3. The number of amides is 1. The van der Waals surface area contributed by atoms with Gasteiger partial charge in [0.2, 0.25) is 0 Å². The summed E-state index contributed by atoms with van der Waals surface area (Å²) in [6, 6.07) is 14.9. The topological polar surface area (TPSA) is 62.4 Å². The van der Waals surface area contributed by atoms with Gasteiger partial charge in [-0.05, 0) is 69.0 Å². The molecule has 0 fully saturated rings. The average molecular weight is 378 g/mol. The monoisotopic (exact) mass is 378 g/mol. The van der Waals surface area contributed by atoms with Crippen LogP contribution in [-0.2, 0) is 6.54 Å². The summed E-state index contributed by atoms with van der Waals surface area (Å²) in [7, 11) is 1.57. The molecule has 0 saturated heterocycles. The van der Waals surface area contributed by atoms with E-state index >= 15 is 0 Å². The molecule has 0 saturated carbocycles. The Kier molecular flexibility index (Phi) is 5.27. The summed E-state index contributed by atoms with van der Waals surface area (Å²) >= 11 is 0. The van der Waals surface area contributed by atoms with Crippen molar-refractivity contribution >= 4 is 16.8 Å². The Morgan fingerprint density at radius 2 is 1.86 bits per heavy atom. The molecule has 0 aliphatic heterocycles. The number of hydrogen-bond acceptors (Lipinski definition) is 3. The Hall–Kier alpha value is -3.08. The van der Waals surface area contributed by atoms with Crippen LogP contribution in [0.15, 0.2) is 53.3 Å². The number of rotatable bonds is 4. The molecule has 2 aromatic carbocycles. The predicted octanol–water partition coefficient (Wildman–Crippen LogP) is 4.29. The molecule has 1 heterocycles. The number of methoxy groups -OCH3 is 1. The third-order valence-corrected chi connectivity index (χ3v) is 4.78. The lowest BCUT2D eigenvalue weighted by molar-refractivity contribution is 0.0557. The molecule has 0 unspecified atom stereocenters. The second-order valence-corrected chi connectivity index (χ2v) is 8.01. The molecule has 3 aromatic rings. The molecule has 5 nitrogen and oxygen atoms in total. The van der Waals surface area contributed by atoms with Gasteiger partial charge in [0.15, 0.2) is 0 Å². The SMILES string of the molecule is COc1cccc(C(=O)N(Cc2cc3ccc(C)cc3[nH]c2=O)C(C)(C)C)c1. The number of H-pyrrole nitrogens is 1. The van der Waals surface area contributed by atoms with Crippen LogP contribution in [0.3, 0.4) is 0 Å². The smallest absolute Gasteiger partial charge is 0.254 e. The number of ether oxygens (including phenoxy) is 1. The normalized spacial score (nSPS) is 11.5. The minimum Gasteiger partial charge on any atom is -0.497 e. The van der Waals surface area contributed by atoms with E-state index in [4.69, 9.17) is 4.74 Å². The second-order valence-electron chi connectivity index (χ2n) is 8.01. The third-order valence-electron chi connectivity index (χ3n) is 4.78. The molecular weight excluding hydrogens is 352 g/mol. The first kappa shape index (κ1) is 19.7. The zero-order valence-corrected chi connectivity index (χ0v) is 17.0. The molecule has 1 N–H and O–H groups in total. The maximum atomic E-state index is 13.2. The second kappa shape index (κ2) is 7.50. The Morgan fingerprint density at radius 1 is 1.11 bits per heavy atom. The number of carbonyl (C=O) groups is 1. The summed E-state index contributed by atoms with van der Waals surface area (Å²) in [6.45, 7) is 8.09. The quantitative estimate of drug-likeness (QED) is 0.737. The fourth-order valence-corrected chi connectivity index (χ4v) is 3.17. The van der Waals surface area contributed by atoms with Gasteiger partial charge in [0, 0.05) is 22.2 Å². The van der Waals surface area contributed by atoms with E-state index in [0.717, 1.165) is 16.5 Å². The summed E-state index contributed by atoms with van der Waals surface area (Å²) in [5.41, 5.74) is 2.33. The molecule has 146 valence electrons. The van der Waals surface area contributed by atoms with Gasteiger partial charge in [-0.2, -0.15) is 0 Å². The Morgan fingerprint density at radius 3 is 2.54 bits per heavy atom. The number of hydrogen-bond donors (Lipinski definition) is 1. The molecule has 0 aliphatic rings. The first-order chi connectivity index (χ1) is 13.2. The van der Waals surface area contributed by atoms with Crippen molar-refractivity contribution in [3.05, 3.63) is 75.6 Å². The van der Waals surface area contributed by atoms with Crippen LogP contribution < -0.4 is 10.3 Å². The van der Waals surface area contributed by atoms with Gasteiger partial charge in [0.05, 0.1) is 13.7 Å². The van der Waals surface area contributed by atoms with E-state index in [-0.39, 0.29) is 18.0 Å². The highest BCUT2D eigenvalue weighted by molar-refractivity contribution is 5.95. The Labute approximate surface area is 165 Å². The summed E-state index contributed by atoms with van der Waals surface area (Å²) < 4.78 is 5.24. The Balaban J connectivity index is 2.00. The maximum Gasteiger partial charge on any atom is 0.254 e. The lowest BCUT2D eigenvalue weighted by Crippen LogP contribution is -2.46. The molecule has 0 spiro atoms. The molecule has 3 rings (SSSR count). The highest BCUT2D eigenvalue weighted by atomic mass is 16.5. The van der Waals surface area contributed by atoms with Crippen molar-refractivity contribution < 1.29 is 9.53 Å². The molecule has 0 atom stereocenters. The third kappa shape index (κ3) is 4.09. The van der Waals surface area contributed by atoms with Crippen LogP contribution in [0.25, 0.3) is 10.9 Å². The number of pyridine rings is 1. The first-order valence-corrected chi connectivity index (χ1v) is 9.27. The first-order valence-electron chi connectivity index (χ1n) is 9.27. The van der Waals surface area contributed by atoms with Gasteiger partial charge in [-0.25, -0.2) is 0 Å². The molecule has 28 heavy (non-hydrogen) atoms. The van der Waals surface area contributed by atoms with Crippen molar-refractivity contribution in [3.63, 3.8) is 0 Å². The van der Waals surface area contributed by atoms with Gasteiger partial charge < -0.3 is 14.6 Å². The zero-order chi connectivity index (χ0) is 20.5. The van der Waals surface area contributed by atoms with Crippen LogP contribution in [0.5, 0.6) is 5.75 Å². The average Bonchev–Trinajstić information content (AvgIpc) is 2.65. The van der Waals surface area contributed by atoms with Crippen LogP contribution in [0.4, 0.5) is 0 Å². The molecule has 1 amide bonds. The van der Waals surface area contributed by atoms with E-state index in [1.807, 2.05) is 52.0 Å². The lowest BCUT2D eigenvalue weighted by atomic mass is 10.0. The number of aromatic nitrogens is 1. The zero-order valence-electron chi connectivity index (χ0n) is 17.0. The molecule has 0 aliphatic carbocycles. The standard InChI is InChI=1S/C23H26N2O3/c1-15-9-10-16-12-18(21(26)24-20(16)11-15)14-25(23(2,3)4)22(27)17-7-6-8-19(13-17)28-5/h6-13H,14H2,1-5H3,(H,24,26). The van der Waals surface area contributed by atoms with Crippen molar-refractivity contribution in [2.45, 2.75) is 39.8 Å². The van der Waals surface area contributed by atoms with Crippen LogP contribution in [-0.4, -0.2) is 28.4 Å². The minimum atomic E-state index is -0.463. The van der Waals surface area contributed by atoms with Gasteiger partial charge in [-0.15, -0.1) is 0 Å². The van der Waals surface area contributed by atoms with Crippen LogP contribution in [0.1, 0.15) is 42.3 Å². The summed E-state index contributed by atoms with van der Waals surface area (Å²) in [4.78, 5) is 30.5. The minimum absolute atomic E-state index is 0.144. The van der Waals surface area contributed by atoms with Gasteiger partial charge >= 0.3 is 0 Å². The maximum absolute atomic E-state index is 13.2. The van der Waals surface area contributed by atoms with Crippen LogP contribution in [0.2, 0.25) is 0 Å². The van der Waals surface area contributed by atoms with Crippen LogP contribution in [0, 0.1) is 6.92 Å². The van der Waals surface area contributed by atoms with Gasteiger partial charge in [0.25, 0.3) is 11.5 Å². The van der Waals surface area contributed by atoms with Crippen molar-refractivity contribution in [3.8, 4) is 5.75 Å². The number of aryl methyl sites for hydroxylation is 1. The number of benzene rings is 2. The predicted molar refractivity (Wildman–Crippen MR) is 112 cm³/mol. The van der Waals surface area contributed by atoms with E-state index in [9.17, 15) is 9.59 Å². The highest BCUT2D eigenvalue weighted by Crippen LogP contribution is 2.23. The fraction of sp³-hybridized carbons (Fsp3) is 0.304. The van der Waals surface area contributed by atoms with E-state index in [2.05, 4.69) is 4.98 Å². The van der Waals surface area contributed by atoms with E-state index in [1.165, 1.54) is 0 Å². The molecule has 5 heteroatoms. The summed E-state index contributed by atoms with van der Waals surface area (Å²) in [6.07, 6.45) is 0. The van der Waals surface area contributed by atoms with E-state index in [1.54, 1.807) is 36.3 Å². The largest absolute Gasteiger partial charge is 0.497 e. The van der Waals surface area contributed by atoms with E-state index in [0.29, 0.717) is 16.9 Å². The number of carbonyl (C=O) groups excluding carboxylic acids is 1. The fourth-order valence-electron chi connectivity index (χ4n) is 3.17. The summed E-state index contributed by atoms with van der Waals surface area (Å²) in [5, 5.41) is 0.947. The van der Waals surface area contributed by atoms with Crippen molar-refractivity contribution in [1.29, 1.82) is 0 Å². The number of nitrogens with zero attached hydrogens (tertiary/aromatic N) is 1. The molecule has 0 radical (unpaired) electrons. The molecule has 1 aromatic heterocycles. The van der Waals surface area contributed by atoms with Crippen molar-refractivity contribution in [2.75, 3.05) is 7.11 Å². The number of fused-ring (bicyclic) bond motifs is 1. The van der Waals surface area contributed by atoms with E-state index < -0.39 is 5.54 Å². The van der Waals surface area contributed by atoms with Gasteiger partial charge in [0.1, 0.15) is 5.75 Å². The van der Waals surface area contributed by atoms with Crippen molar-refractivity contribution in [1.82, 2.24) is 9.88 Å². The number of aromatic amines is 1. The van der Waals surface area contributed by atoms with Gasteiger partial charge in [-0.1, -0.05) is 18.2 Å². The van der Waals surface area contributed by atoms with Gasteiger partial charge in [-0.3, -0.25) is 9.59 Å². The summed E-state index contributed by atoms with van der Waals surface area (Å²) in [5.74, 6) is 0.480. The van der Waals surface area contributed by atoms with Crippen molar-refractivity contribution in [2.24, 2.45) is 0 Å². The number of nitrogens with one attached hydrogen (secondary N) is 1.